The Morgan fingerprint density at radius 3 is 2.26 bits per heavy atom. The van der Waals surface area contributed by atoms with Gasteiger partial charge in [-0.25, -0.2) is 0 Å². The van der Waals surface area contributed by atoms with Gasteiger partial charge in [0.2, 0.25) is 0 Å². The van der Waals surface area contributed by atoms with Gasteiger partial charge in [-0.2, -0.15) is 5.26 Å². The fourth-order valence-electron chi connectivity index (χ4n) is 1.73. The Morgan fingerprint density at radius 2 is 1.61 bits per heavy atom. The smallest absolute Gasteiger partial charge is 0.266 e. The molecule has 0 radical (unpaired) electrons. The Balaban J connectivity index is 2.32. The first kappa shape index (κ1) is 17.7. The highest BCUT2D eigenvalue weighted by atomic mass is 35.5. The summed E-state index contributed by atoms with van der Waals surface area (Å²) in [6, 6.07) is 11.5. The average Bonchev–Trinajstić information content (AvgIpc) is 2.53. The topological polar surface area (TPSA) is 52.9 Å². The van der Waals surface area contributed by atoms with Gasteiger partial charge in [0.25, 0.3) is 5.91 Å². The first-order chi connectivity index (χ1) is 10.9. The molecule has 1 amide bonds. The molecule has 0 unspecified atom stereocenters. The van der Waals surface area contributed by atoms with Gasteiger partial charge < -0.3 is 5.32 Å². The zero-order chi connectivity index (χ0) is 17.0. The van der Waals surface area contributed by atoms with E-state index >= 15 is 0 Å². The summed E-state index contributed by atoms with van der Waals surface area (Å²) < 4.78 is 0. The number of halogens is 4. The lowest BCUT2D eigenvalue weighted by Gasteiger charge is -2.08. The van der Waals surface area contributed by atoms with Crippen LogP contribution in [0.4, 0.5) is 5.69 Å². The third-order valence-electron chi connectivity index (χ3n) is 2.85. The second-order valence-electron chi connectivity index (χ2n) is 4.37. The van der Waals surface area contributed by atoms with Gasteiger partial charge in [-0.15, -0.1) is 0 Å². The van der Waals surface area contributed by atoms with E-state index in [9.17, 15) is 10.1 Å². The normalized spacial score (nSPS) is 11.0. The number of nitrogens with one attached hydrogen (secondary N) is 1. The Hall–Kier alpha value is -1.70. The van der Waals surface area contributed by atoms with Crippen molar-refractivity contribution in [2.24, 2.45) is 0 Å². The van der Waals surface area contributed by atoms with Gasteiger partial charge in [-0.1, -0.05) is 64.6 Å². The number of hydrogen-bond donors (Lipinski definition) is 1. The van der Waals surface area contributed by atoms with E-state index in [4.69, 9.17) is 46.4 Å². The summed E-state index contributed by atoms with van der Waals surface area (Å²) in [6.07, 6.45) is 1.35. The van der Waals surface area contributed by atoms with Crippen molar-refractivity contribution in [1.82, 2.24) is 0 Å². The molecule has 0 aliphatic carbocycles. The fraction of sp³-hybridized carbons (Fsp3) is 0. The number of anilines is 1. The summed E-state index contributed by atoms with van der Waals surface area (Å²) in [5.74, 6) is -0.632. The van der Waals surface area contributed by atoms with E-state index in [2.05, 4.69) is 5.32 Å². The van der Waals surface area contributed by atoms with Crippen LogP contribution >= 0.6 is 46.4 Å². The molecule has 0 aliphatic heterocycles. The largest absolute Gasteiger partial charge is 0.320 e. The Labute approximate surface area is 153 Å². The van der Waals surface area contributed by atoms with Crippen LogP contribution in [-0.2, 0) is 4.79 Å². The predicted molar refractivity (Wildman–Crippen MR) is 95.1 cm³/mol. The Morgan fingerprint density at radius 1 is 1.00 bits per heavy atom. The molecule has 0 saturated carbocycles. The minimum Gasteiger partial charge on any atom is -0.320 e. The zero-order valence-corrected chi connectivity index (χ0v) is 14.4. The Bertz CT molecular complexity index is 840. The predicted octanol–water partition coefficient (Wildman–Crippen LogP) is 5.85. The van der Waals surface area contributed by atoms with Crippen LogP contribution in [0.5, 0.6) is 0 Å². The number of carbonyl (C=O) groups is 1. The number of rotatable bonds is 3. The first-order valence-electron chi connectivity index (χ1n) is 6.25. The van der Waals surface area contributed by atoms with E-state index in [0.29, 0.717) is 21.3 Å². The Kier molecular flexibility index (Phi) is 5.92. The summed E-state index contributed by atoms with van der Waals surface area (Å²) in [5.41, 5.74) is 0.621. The lowest BCUT2D eigenvalue weighted by molar-refractivity contribution is -0.112. The van der Waals surface area contributed by atoms with Crippen LogP contribution < -0.4 is 5.32 Å². The minimum atomic E-state index is -0.632. The molecular weight excluding hydrogens is 378 g/mol. The van der Waals surface area contributed by atoms with E-state index in [1.807, 2.05) is 6.07 Å². The fourth-order valence-corrected chi connectivity index (χ4v) is 2.44. The number of hydrogen-bond acceptors (Lipinski definition) is 2. The lowest BCUT2D eigenvalue weighted by Crippen LogP contribution is -2.13. The van der Waals surface area contributed by atoms with E-state index in [1.165, 1.54) is 6.08 Å². The summed E-state index contributed by atoms with van der Waals surface area (Å²) in [4.78, 5) is 12.2. The highest BCUT2D eigenvalue weighted by molar-refractivity contribution is 6.44. The molecule has 2 aromatic carbocycles. The molecule has 2 rings (SSSR count). The minimum absolute atomic E-state index is 0.148. The van der Waals surface area contributed by atoms with Crippen molar-refractivity contribution in [1.29, 1.82) is 5.26 Å². The third-order valence-corrected chi connectivity index (χ3v) is 4.50. The van der Waals surface area contributed by atoms with Crippen LogP contribution in [0.2, 0.25) is 20.1 Å². The van der Waals surface area contributed by atoms with E-state index in [-0.39, 0.29) is 15.6 Å². The molecule has 0 atom stereocenters. The van der Waals surface area contributed by atoms with Crippen molar-refractivity contribution in [2.45, 2.75) is 0 Å². The van der Waals surface area contributed by atoms with Crippen molar-refractivity contribution < 1.29 is 4.79 Å². The first-order valence-corrected chi connectivity index (χ1v) is 7.76. The highest BCUT2D eigenvalue weighted by Gasteiger charge is 2.14. The number of amides is 1. The molecule has 0 aromatic heterocycles. The van der Waals surface area contributed by atoms with Crippen molar-refractivity contribution in [2.75, 3.05) is 5.32 Å². The molecule has 3 nitrogen and oxygen atoms in total. The van der Waals surface area contributed by atoms with Gasteiger partial charge in [0.05, 0.1) is 25.8 Å². The van der Waals surface area contributed by atoms with Gasteiger partial charge in [-0.05, 0) is 29.8 Å². The highest BCUT2D eigenvalue weighted by Crippen LogP contribution is 2.30. The molecule has 23 heavy (non-hydrogen) atoms. The lowest BCUT2D eigenvalue weighted by atomic mass is 10.1. The van der Waals surface area contributed by atoms with Crippen molar-refractivity contribution in [3.8, 4) is 6.07 Å². The molecule has 0 fully saturated rings. The number of benzene rings is 2. The molecule has 0 aliphatic rings. The van der Waals surface area contributed by atoms with E-state index in [1.54, 1.807) is 36.4 Å². The number of nitrogens with zero attached hydrogens (tertiary/aromatic N) is 1. The molecule has 0 saturated heterocycles. The van der Waals surface area contributed by atoms with Crippen LogP contribution in [-0.4, -0.2) is 5.91 Å². The molecule has 0 heterocycles. The van der Waals surface area contributed by atoms with Gasteiger partial charge in [-0.3, -0.25) is 4.79 Å². The summed E-state index contributed by atoms with van der Waals surface area (Å²) in [5, 5.41) is 12.8. The standard InChI is InChI=1S/C16H8Cl4N2O/c17-11-4-1-3-9(14(11)19)7-10(8-21)16(23)22-13-6-2-5-12(18)15(13)20/h1-7H,(H,22,23)/b10-7+. The summed E-state index contributed by atoms with van der Waals surface area (Å²) in [7, 11) is 0. The van der Waals surface area contributed by atoms with E-state index in [0.717, 1.165) is 0 Å². The van der Waals surface area contributed by atoms with Crippen LogP contribution in [0.25, 0.3) is 6.08 Å². The maximum absolute atomic E-state index is 12.2. The third kappa shape index (κ3) is 4.19. The monoisotopic (exact) mass is 384 g/mol. The van der Waals surface area contributed by atoms with E-state index < -0.39 is 5.91 Å². The van der Waals surface area contributed by atoms with Crippen LogP contribution in [0, 0.1) is 11.3 Å². The average molecular weight is 386 g/mol. The zero-order valence-electron chi connectivity index (χ0n) is 11.4. The molecule has 0 spiro atoms. The number of carbonyl (C=O) groups excluding carboxylic acids is 1. The second-order valence-corrected chi connectivity index (χ2v) is 5.94. The quantitative estimate of drug-likeness (QED) is 0.532. The van der Waals surface area contributed by atoms with Crippen molar-refractivity contribution in [3.63, 3.8) is 0 Å². The number of nitriles is 1. The van der Waals surface area contributed by atoms with Crippen LogP contribution in [0.3, 0.4) is 0 Å². The molecular formula is C16H8Cl4N2O. The maximum Gasteiger partial charge on any atom is 0.266 e. The second kappa shape index (κ2) is 7.72. The molecule has 116 valence electrons. The van der Waals surface area contributed by atoms with Crippen molar-refractivity contribution in [3.05, 3.63) is 67.6 Å². The van der Waals surface area contributed by atoms with Gasteiger partial charge in [0, 0.05) is 0 Å². The molecule has 7 heteroatoms. The molecule has 1 N–H and O–H groups in total. The molecule has 2 aromatic rings. The molecule has 0 bridgehead atoms. The SMILES string of the molecule is N#C/C(=C\c1cccc(Cl)c1Cl)C(=O)Nc1cccc(Cl)c1Cl. The summed E-state index contributed by atoms with van der Waals surface area (Å²) in [6.45, 7) is 0. The van der Waals surface area contributed by atoms with Crippen molar-refractivity contribution >= 4 is 64.1 Å². The summed E-state index contributed by atoms with van der Waals surface area (Å²) >= 11 is 23.8. The van der Waals surface area contributed by atoms with Crippen LogP contribution in [0.15, 0.2) is 42.0 Å². The van der Waals surface area contributed by atoms with Gasteiger partial charge >= 0.3 is 0 Å². The van der Waals surface area contributed by atoms with Gasteiger partial charge in [0.15, 0.2) is 0 Å². The van der Waals surface area contributed by atoms with Crippen LogP contribution in [0.1, 0.15) is 5.56 Å². The maximum atomic E-state index is 12.2. The van der Waals surface area contributed by atoms with Gasteiger partial charge in [0.1, 0.15) is 11.6 Å².